The Morgan fingerprint density at radius 3 is 2.59 bits per heavy atom. The number of morpholine rings is 1. The van der Waals surface area contributed by atoms with Crippen LogP contribution in [0, 0.1) is 0 Å². The first-order valence-electron chi connectivity index (χ1n) is 10.2. The van der Waals surface area contributed by atoms with Crippen LogP contribution >= 0.6 is 11.6 Å². The van der Waals surface area contributed by atoms with E-state index in [4.69, 9.17) is 21.1 Å². The van der Waals surface area contributed by atoms with Gasteiger partial charge in [-0.25, -0.2) is 8.42 Å². The Morgan fingerprint density at radius 2 is 1.91 bits per heavy atom. The Kier molecular flexibility index (Phi) is 8.36. The van der Waals surface area contributed by atoms with Gasteiger partial charge < -0.3 is 14.8 Å². The highest BCUT2D eigenvalue weighted by Gasteiger charge is 2.24. The van der Waals surface area contributed by atoms with E-state index in [0.29, 0.717) is 17.3 Å². The summed E-state index contributed by atoms with van der Waals surface area (Å²) in [4.78, 5) is 14.9. The molecule has 0 atom stereocenters. The summed E-state index contributed by atoms with van der Waals surface area (Å²) in [7, 11) is -2.32. The highest BCUT2D eigenvalue weighted by Crippen LogP contribution is 2.32. The number of hydrogen-bond acceptors (Lipinski definition) is 6. The first-order valence-corrected chi connectivity index (χ1v) is 12.4. The maximum Gasteiger partial charge on any atom is 0.241 e. The number of ether oxygens (including phenoxy) is 2. The lowest BCUT2D eigenvalue weighted by atomic mass is 10.1. The Balaban J connectivity index is 1.65. The number of methoxy groups -OCH3 is 1. The van der Waals surface area contributed by atoms with Gasteiger partial charge in [0.05, 0.1) is 32.3 Å². The number of carbonyl (C=O) groups is 1. The van der Waals surface area contributed by atoms with E-state index in [9.17, 15) is 13.2 Å². The number of nitrogens with zero attached hydrogens (tertiary/aromatic N) is 2. The second kappa shape index (κ2) is 11.0. The summed E-state index contributed by atoms with van der Waals surface area (Å²) in [6.45, 7) is 4.00. The molecule has 1 aliphatic heterocycles. The minimum atomic E-state index is -3.75. The van der Waals surface area contributed by atoms with Crippen LogP contribution in [0.3, 0.4) is 0 Å². The first kappa shape index (κ1) is 24.3. The maximum absolute atomic E-state index is 12.6. The van der Waals surface area contributed by atoms with E-state index in [1.54, 1.807) is 12.1 Å². The number of sulfonamides is 1. The van der Waals surface area contributed by atoms with Gasteiger partial charge in [0, 0.05) is 31.2 Å². The number of hydrogen-bond donors (Lipinski definition) is 1. The van der Waals surface area contributed by atoms with Crippen LogP contribution in [-0.2, 0) is 32.6 Å². The van der Waals surface area contributed by atoms with Gasteiger partial charge in [0.1, 0.15) is 12.3 Å². The highest BCUT2D eigenvalue weighted by atomic mass is 35.5. The summed E-state index contributed by atoms with van der Waals surface area (Å²) < 4.78 is 36.4. The minimum absolute atomic E-state index is 0.213. The van der Waals surface area contributed by atoms with Crippen LogP contribution in [0.1, 0.15) is 11.1 Å². The molecule has 1 amide bonds. The van der Waals surface area contributed by atoms with Gasteiger partial charge in [0.15, 0.2) is 0 Å². The van der Waals surface area contributed by atoms with Crippen molar-refractivity contribution in [3.63, 3.8) is 0 Å². The monoisotopic (exact) mass is 481 g/mol. The molecule has 0 bridgehead atoms. The van der Waals surface area contributed by atoms with Gasteiger partial charge in [-0.05, 0) is 29.3 Å². The van der Waals surface area contributed by atoms with Crippen molar-refractivity contribution in [1.29, 1.82) is 0 Å². The predicted molar refractivity (Wildman–Crippen MR) is 125 cm³/mol. The lowest BCUT2D eigenvalue weighted by Gasteiger charge is -2.26. The van der Waals surface area contributed by atoms with Crippen molar-refractivity contribution in [2.24, 2.45) is 0 Å². The van der Waals surface area contributed by atoms with Crippen molar-refractivity contribution >= 4 is 33.2 Å². The van der Waals surface area contributed by atoms with Crippen LogP contribution in [0.2, 0.25) is 5.02 Å². The predicted octanol–water partition coefficient (Wildman–Crippen LogP) is 2.26. The van der Waals surface area contributed by atoms with Gasteiger partial charge in [-0.1, -0.05) is 35.9 Å². The fraction of sp³-hybridized carbons (Fsp3) is 0.409. The molecular formula is C22H28ClN3O5S. The molecule has 0 saturated carbocycles. The molecule has 0 unspecified atom stereocenters. The summed E-state index contributed by atoms with van der Waals surface area (Å²) in [6, 6.07) is 12.6. The zero-order valence-corrected chi connectivity index (χ0v) is 19.8. The Labute approximate surface area is 194 Å². The average molecular weight is 482 g/mol. The third-order valence-electron chi connectivity index (χ3n) is 5.09. The fourth-order valence-electron chi connectivity index (χ4n) is 3.48. The third kappa shape index (κ3) is 6.83. The van der Waals surface area contributed by atoms with E-state index in [1.165, 1.54) is 13.2 Å². The van der Waals surface area contributed by atoms with Crippen LogP contribution in [0.4, 0.5) is 5.69 Å². The summed E-state index contributed by atoms with van der Waals surface area (Å²) in [6.07, 6.45) is 1.04. The second-order valence-electron chi connectivity index (χ2n) is 7.57. The molecule has 3 rings (SSSR count). The Hall–Kier alpha value is -2.33. The van der Waals surface area contributed by atoms with E-state index in [2.05, 4.69) is 16.3 Å². The molecule has 8 nitrogen and oxygen atoms in total. The van der Waals surface area contributed by atoms with Gasteiger partial charge in [0.2, 0.25) is 15.9 Å². The number of carbonyl (C=O) groups excluding carboxylic acids is 1. The molecule has 32 heavy (non-hydrogen) atoms. The molecule has 1 fully saturated rings. The van der Waals surface area contributed by atoms with Crippen molar-refractivity contribution in [2.45, 2.75) is 13.1 Å². The van der Waals surface area contributed by atoms with E-state index < -0.39 is 15.9 Å². The smallest absolute Gasteiger partial charge is 0.241 e. The zero-order valence-electron chi connectivity index (χ0n) is 18.2. The molecule has 1 N–H and O–H groups in total. The summed E-state index contributed by atoms with van der Waals surface area (Å²) in [5.74, 6) is -0.125. The summed E-state index contributed by atoms with van der Waals surface area (Å²) >= 11 is 6.04. The van der Waals surface area contributed by atoms with Gasteiger partial charge >= 0.3 is 0 Å². The first-order chi connectivity index (χ1) is 15.3. The lowest BCUT2D eigenvalue weighted by Crippen LogP contribution is -2.40. The number of nitrogens with one attached hydrogen (secondary N) is 1. The molecule has 1 saturated heterocycles. The Morgan fingerprint density at radius 1 is 1.19 bits per heavy atom. The van der Waals surface area contributed by atoms with E-state index in [1.807, 2.05) is 18.2 Å². The van der Waals surface area contributed by atoms with Crippen LogP contribution in [0.15, 0.2) is 42.5 Å². The largest absolute Gasteiger partial charge is 0.495 e. The molecular weight excluding hydrogens is 454 g/mol. The third-order valence-corrected chi connectivity index (χ3v) is 6.45. The zero-order chi connectivity index (χ0) is 23.1. The summed E-state index contributed by atoms with van der Waals surface area (Å²) in [5.41, 5.74) is 2.31. The van der Waals surface area contributed by atoms with E-state index >= 15 is 0 Å². The van der Waals surface area contributed by atoms with Crippen LogP contribution in [-0.4, -0.2) is 65.4 Å². The molecule has 10 heteroatoms. The van der Waals surface area contributed by atoms with Crippen molar-refractivity contribution < 1.29 is 22.7 Å². The number of amides is 1. The van der Waals surface area contributed by atoms with Gasteiger partial charge in [0.25, 0.3) is 0 Å². The molecule has 0 spiro atoms. The molecule has 2 aromatic carbocycles. The molecule has 1 aliphatic rings. The molecule has 2 aromatic rings. The Bertz CT molecular complexity index is 1040. The summed E-state index contributed by atoms with van der Waals surface area (Å²) in [5, 5.41) is 3.14. The molecule has 0 radical (unpaired) electrons. The second-order valence-corrected chi connectivity index (χ2v) is 9.91. The molecule has 1 heterocycles. The number of halogens is 1. The topological polar surface area (TPSA) is 88.2 Å². The van der Waals surface area contributed by atoms with E-state index in [0.717, 1.165) is 54.5 Å². The van der Waals surface area contributed by atoms with E-state index in [-0.39, 0.29) is 12.2 Å². The van der Waals surface area contributed by atoms with Crippen LogP contribution < -0.4 is 14.4 Å². The molecule has 0 aromatic heterocycles. The fourth-order valence-corrected chi connectivity index (χ4v) is 4.50. The highest BCUT2D eigenvalue weighted by molar-refractivity contribution is 7.92. The van der Waals surface area contributed by atoms with Crippen molar-refractivity contribution in [2.75, 3.05) is 50.5 Å². The maximum atomic E-state index is 12.6. The standard InChI is InChI=1S/C22H28ClN3O5S/c1-30-21-7-6-19(23)13-20(21)26(32(2,28)29)16-22(27)24-14-17-4-3-5-18(12-17)15-25-8-10-31-11-9-25/h3-7,12-13H,8-11,14-16H2,1-2H3,(H,24,27). The van der Waals surface area contributed by atoms with Crippen molar-refractivity contribution in [1.82, 2.24) is 10.2 Å². The van der Waals surface area contributed by atoms with Crippen LogP contribution in [0.5, 0.6) is 5.75 Å². The number of anilines is 1. The number of rotatable bonds is 9. The van der Waals surface area contributed by atoms with Gasteiger partial charge in [-0.3, -0.25) is 14.0 Å². The van der Waals surface area contributed by atoms with Gasteiger partial charge in [-0.2, -0.15) is 0 Å². The molecule has 174 valence electrons. The normalized spacial score (nSPS) is 14.7. The van der Waals surface area contributed by atoms with Crippen molar-refractivity contribution in [3.05, 3.63) is 58.6 Å². The van der Waals surface area contributed by atoms with Crippen LogP contribution in [0.25, 0.3) is 0 Å². The van der Waals surface area contributed by atoms with Gasteiger partial charge in [-0.15, -0.1) is 0 Å². The SMILES string of the molecule is COc1ccc(Cl)cc1N(CC(=O)NCc1cccc(CN2CCOCC2)c1)S(C)(=O)=O. The minimum Gasteiger partial charge on any atom is -0.495 e. The quantitative estimate of drug-likeness (QED) is 0.591. The number of benzene rings is 2. The molecule has 0 aliphatic carbocycles. The lowest BCUT2D eigenvalue weighted by molar-refractivity contribution is -0.119. The van der Waals surface area contributed by atoms with Crippen molar-refractivity contribution in [3.8, 4) is 5.75 Å². The average Bonchev–Trinajstić information content (AvgIpc) is 2.76.